The van der Waals surface area contributed by atoms with E-state index in [1.54, 1.807) is 0 Å². The van der Waals surface area contributed by atoms with Gasteiger partial charge in [0, 0.05) is 41.1 Å². The Bertz CT molecular complexity index is 1320. The predicted molar refractivity (Wildman–Crippen MR) is 184 cm³/mol. The molecule has 1 aliphatic carbocycles. The molecule has 1 saturated heterocycles. The van der Waals surface area contributed by atoms with Crippen LogP contribution in [0.5, 0.6) is 0 Å². The van der Waals surface area contributed by atoms with E-state index in [4.69, 9.17) is 18.9 Å². The summed E-state index contributed by atoms with van der Waals surface area (Å²) < 4.78 is 21.1. The van der Waals surface area contributed by atoms with Crippen LogP contribution in [0.25, 0.3) is 0 Å². The van der Waals surface area contributed by atoms with Gasteiger partial charge in [-0.05, 0) is 58.8 Å². The number of fused-ring (bicyclic) bond motifs is 4. The van der Waals surface area contributed by atoms with E-state index < -0.39 is 13.9 Å². The summed E-state index contributed by atoms with van der Waals surface area (Å²) in [5.74, 6) is 0.288. The van der Waals surface area contributed by atoms with Crippen LogP contribution in [-0.4, -0.2) is 30.4 Å². The first-order valence-corrected chi connectivity index (χ1v) is 20.2. The van der Waals surface area contributed by atoms with Crippen molar-refractivity contribution in [3.05, 3.63) is 63.5 Å². The van der Waals surface area contributed by atoms with Crippen LogP contribution in [0.4, 0.5) is 0 Å². The number of hydrogen-bond acceptors (Lipinski definition) is 4. The lowest BCUT2D eigenvalue weighted by Gasteiger charge is -2.47. The van der Waals surface area contributed by atoms with Gasteiger partial charge in [0.05, 0.1) is 16.6 Å². The third kappa shape index (κ3) is 5.70. The van der Waals surface area contributed by atoms with Crippen molar-refractivity contribution in [3.63, 3.8) is 0 Å². The maximum absolute atomic E-state index is 7.47. The summed E-state index contributed by atoms with van der Waals surface area (Å²) in [5, 5.41) is 0.124. The van der Waals surface area contributed by atoms with Gasteiger partial charge in [0.1, 0.15) is 11.7 Å². The van der Waals surface area contributed by atoms with Crippen molar-refractivity contribution < 1.29 is 13.9 Å². The van der Waals surface area contributed by atoms with Gasteiger partial charge in [-0.3, -0.25) is 4.98 Å². The van der Waals surface area contributed by atoms with Crippen molar-refractivity contribution in [2.75, 3.05) is 13.2 Å². The minimum Gasteiger partial charge on any atom is -0.410 e. The van der Waals surface area contributed by atoms with Crippen molar-refractivity contribution in [3.8, 4) is 0 Å². The summed E-state index contributed by atoms with van der Waals surface area (Å²) in [4.78, 5) is 5.58. The first-order valence-electron chi connectivity index (χ1n) is 16.0. The molecule has 4 nitrogen and oxygen atoms in total. The maximum atomic E-state index is 7.47. The standard InChI is InChI=1S/C36H54INO3Si/c1-22(2)31-29-30(28-25(38-31)19-35(9,10)20-26(28)41-42(11,12)34(6,7)8)36(17-18-39-21-27(36)37)40-32(29)23-13-15-24(16-14-23)33(3,4)5/h13-16,22,26-27,32H,17-21H2,1-12H3/t26-,27?,32+,36?/m0/s1. The van der Waals surface area contributed by atoms with Crippen LogP contribution < -0.4 is 0 Å². The topological polar surface area (TPSA) is 40.6 Å². The van der Waals surface area contributed by atoms with Crippen LogP contribution in [0.15, 0.2) is 24.3 Å². The van der Waals surface area contributed by atoms with Gasteiger partial charge in [-0.15, -0.1) is 0 Å². The molecule has 42 heavy (non-hydrogen) atoms. The molecular weight excluding hydrogens is 649 g/mol. The summed E-state index contributed by atoms with van der Waals surface area (Å²) in [6.07, 6.45) is 2.69. The molecule has 4 atom stereocenters. The first kappa shape index (κ1) is 32.6. The highest BCUT2D eigenvalue weighted by molar-refractivity contribution is 14.1. The molecular formula is C36H54INO3Si. The zero-order valence-corrected chi connectivity index (χ0v) is 31.4. The van der Waals surface area contributed by atoms with Crippen LogP contribution in [0.3, 0.4) is 0 Å². The van der Waals surface area contributed by atoms with E-state index >= 15 is 0 Å². The zero-order valence-electron chi connectivity index (χ0n) is 28.2. The second-order valence-electron chi connectivity index (χ2n) is 16.8. The molecule has 0 bridgehead atoms. The van der Waals surface area contributed by atoms with E-state index in [9.17, 15) is 0 Å². The molecule has 1 aromatic heterocycles. The molecule has 1 spiro atoms. The van der Waals surface area contributed by atoms with Gasteiger partial charge in [-0.1, -0.05) is 116 Å². The van der Waals surface area contributed by atoms with E-state index in [0.29, 0.717) is 13.2 Å². The smallest absolute Gasteiger partial charge is 0.192 e. The molecule has 5 rings (SSSR count). The number of ether oxygens (including phenoxy) is 2. The van der Waals surface area contributed by atoms with Crippen LogP contribution >= 0.6 is 22.6 Å². The molecule has 6 heteroatoms. The largest absolute Gasteiger partial charge is 0.410 e. The highest BCUT2D eigenvalue weighted by Crippen LogP contribution is 2.60. The Morgan fingerprint density at radius 1 is 1.02 bits per heavy atom. The van der Waals surface area contributed by atoms with E-state index in [0.717, 1.165) is 19.3 Å². The maximum Gasteiger partial charge on any atom is 0.192 e. The van der Waals surface area contributed by atoms with Crippen molar-refractivity contribution in [1.82, 2.24) is 4.98 Å². The molecule has 232 valence electrons. The lowest BCUT2D eigenvalue weighted by molar-refractivity contribution is -0.113. The van der Waals surface area contributed by atoms with Gasteiger partial charge in [0.15, 0.2) is 8.32 Å². The van der Waals surface area contributed by atoms with Crippen molar-refractivity contribution in [2.45, 2.75) is 140 Å². The van der Waals surface area contributed by atoms with E-state index in [1.807, 2.05) is 0 Å². The number of benzene rings is 1. The molecule has 3 heterocycles. The average molecular weight is 704 g/mol. The van der Waals surface area contributed by atoms with E-state index in [-0.39, 0.29) is 37.9 Å². The summed E-state index contributed by atoms with van der Waals surface area (Å²) in [6.45, 7) is 29.4. The SMILES string of the molecule is CC(C)c1nc2c(c3c1[C@@H](c1ccc(C(C)(C)C)cc1)OC31CCOCC1I)[C@@H](O[Si](C)(C)C(C)(C)C)CC(C)(C)C2. The average Bonchev–Trinajstić information content (AvgIpc) is 3.18. The minimum absolute atomic E-state index is 0.0149. The van der Waals surface area contributed by atoms with Gasteiger partial charge in [-0.25, -0.2) is 0 Å². The molecule has 0 radical (unpaired) electrons. The number of hydrogen-bond donors (Lipinski definition) is 0. The number of nitrogens with zero attached hydrogens (tertiary/aromatic N) is 1. The Morgan fingerprint density at radius 3 is 2.21 bits per heavy atom. The van der Waals surface area contributed by atoms with Crippen molar-refractivity contribution in [2.24, 2.45) is 5.41 Å². The second kappa shape index (κ2) is 10.9. The molecule has 0 N–H and O–H groups in total. The second-order valence-corrected chi connectivity index (χ2v) is 23.0. The van der Waals surface area contributed by atoms with Crippen LogP contribution in [0, 0.1) is 5.41 Å². The normalized spacial score (nSPS) is 27.8. The highest BCUT2D eigenvalue weighted by Gasteiger charge is 2.56. The molecule has 1 fully saturated rings. The van der Waals surface area contributed by atoms with Crippen LogP contribution in [-0.2, 0) is 31.3 Å². The molecule has 3 aliphatic rings. The monoisotopic (exact) mass is 703 g/mol. The third-order valence-electron chi connectivity index (χ3n) is 10.4. The number of alkyl halides is 1. The molecule has 0 amide bonds. The zero-order chi connectivity index (χ0) is 31.0. The Morgan fingerprint density at radius 2 is 1.67 bits per heavy atom. The van der Waals surface area contributed by atoms with E-state index in [2.05, 4.69) is 129 Å². The molecule has 0 saturated carbocycles. The molecule has 2 unspecified atom stereocenters. The fourth-order valence-electron chi connectivity index (χ4n) is 6.93. The first-order chi connectivity index (χ1) is 19.3. The Hall–Kier alpha value is -0.803. The lowest BCUT2D eigenvalue weighted by Crippen LogP contribution is -2.47. The summed E-state index contributed by atoms with van der Waals surface area (Å²) in [6, 6.07) is 9.18. The molecule has 2 aromatic rings. The summed E-state index contributed by atoms with van der Waals surface area (Å²) in [7, 11) is -2.07. The van der Waals surface area contributed by atoms with Crippen LogP contribution in [0.1, 0.15) is 139 Å². The highest BCUT2D eigenvalue weighted by atomic mass is 127. The Labute approximate surface area is 270 Å². The summed E-state index contributed by atoms with van der Waals surface area (Å²) >= 11 is 2.61. The lowest BCUT2D eigenvalue weighted by atomic mass is 9.70. The Kier molecular flexibility index (Phi) is 8.47. The number of aromatic nitrogens is 1. The quantitative estimate of drug-likeness (QED) is 0.181. The van der Waals surface area contributed by atoms with Crippen molar-refractivity contribution >= 4 is 30.9 Å². The summed E-state index contributed by atoms with van der Waals surface area (Å²) in [5.41, 5.74) is 8.83. The van der Waals surface area contributed by atoms with Gasteiger partial charge >= 0.3 is 0 Å². The number of rotatable bonds is 4. The number of pyridine rings is 1. The third-order valence-corrected chi connectivity index (χ3v) is 16.2. The Balaban J connectivity index is 1.79. The fraction of sp³-hybridized carbons (Fsp3) is 0.694. The van der Waals surface area contributed by atoms with Gasteiger partial charge < -0.3 is 13.9 Å². The predicted octanol–water partition coefficient (Wildman–Crippen LogP) is 10.1. The van der Waals surface area contributed by atoms with Crippen LogP contribution in [0.2, 0.25) is 18.1 Å². The van der Waals surface area contributed by atoms with E-state index in [1.165, 1.54) is 39.2 Å². The molecule has 2 aliphatic heterocycles. The molecule has 1 aromatic carbocycles. The van der Waals surface area contributed by atoms with Gasteiger partial charge in [0.2, 0.25) is 0 Å². The minimum atomic E-state index is -2.07. The van der Waals surface area contributed by atoms with Gasteiger partial charge in [-0.2, -0.15) is 0 Å². The van der Waals surface area contributed by atoms with Crippen molar-refractivity contribution in [1.29, 1.82) is 0 Å². The fourth-order valence-corrected chi connectivity index (χ4v) is 9.22. The van der Waals surface area contributed by atoms with Gasteiger partial charge in [0.25, 0.3) is 0 Å². The number of halogens is 1.